The van der Waals surface area contributed by atoms with Gasteiger partial charge in [-0.05, 0) is 99.5 Å². The highest BCUT2D eigenvalue weighted by atomic mass is 16.5. The third-order valence-corrected chi connectivity index (χ3v) is 9.35. The molecule has 0 unspecified atom stereocenters. The quantitative estimate of drug-likeness (QED) is 0.377. The van der Waals surface area contributed by atoms with Crippen LogP contribution in [0.2, 0.25) is 0 Å². The van der Waals surface area contributed by atoms with Crippen molar-refractivity contribution in [3.05, 3.63) is 35.5 Å². The van der Waals surface area contributed by atoms with E-state index in [0.29, 0.717) is 24.7 Å². The number of fused-ring (bicyclic) bond motifs is 1. The minimum atomic E-state index is -0.630. The van der Waals surface area contributed by atoms with Crippen LogP contribution >= 0.6 is 0 Å². The van der Waals surface area contributed by atoms with Crippen molar-refractivity contribution in [3.63, 3.8) is 0 Å². The first-order valence-electron chi connectivity index (χ1n) is 13.4. The molecule has 0 aromatic rings. The topological polar surface area (TPSA) is 69.9 Å². The maximum atomic E-state index is 10.5. The molecule has 4 nitrogen and oxygen atoms in total. The molecule has 3 aliphatic rings. The number of hydrogen-bond acceptors (Lipinski definition) is 4. The second-order valence-electron chi connectivity index (χ2n) is 11.3. The van der Waals surface area contributed by atoms with E-state index >= 15 is 0 Å². The van der Waals surface area contributed by atoms with Crippen LogP contribution in [0.1, 0.15) is 98.3 Å². The minimum absolute atomic E-state index is 0.234. The fourth-order valence-corrected chi connectivity index (χ4v) is 6.91. The zero-order valence-corrected chi connectivity index (χ0v) is 21.5. The van der Waals surface area contributed by atoms with Crippen LogP contribution in [0.4, 0.5) is 0 Å². The molecule has 0 radical (unpaired) electrons. The van der Waals surface area contributed by atoms with Crippen LogP contribution in [0.3, 0.4) is 0 Å². The highest BCUT2D eigenvalue weighted by Gasteiger charge is 2.51. The first-order valence-corrected chi connectivity index (χ1v) is 13.4. The lowest BCUT2D eigenvalue weighted by Gasteiger charge is -2.44. The average molecular weight is 461 g/mol. The van der Waals surface area contributed by atoms with Crippen LogP contribution in [-0.4, -0.2) is 45.8 Å². The van der Waals surface area contributed by atoms with Crippen molar-refractivity contribution in [2.45, 2.75) is 122 Å². The lowest BCUT2D eigenvalue weighted by molar-refractivity contribution is -0.0365. The van der Waals surface area contributed by atoms with Gasteiger partial charge in [0, 0.05) is 13.0 Å². The van der Waals surface area contributed by atoms with Crippen LogP contribution in [0, 0.1) is 17.3 Å². The molecule has 0 aromatic carbocycles. The molecule has 188 valence electrons. The van der Waals surface area contributed by atoms with Gasteiger partial charge >= 0.3 is 0 Å². The van der Waals surface area contributed by atoms with Gasteiger partial charge in [0.1, 0.15) is 0 Å². The second-order valence-corrected chi connectivity index (χ2v) is 11.3. The van der Waals surface area contributed by atoms with E-state index in [1.807, 2.05) is 0 Å². The highest BCUT2D eigenvalue weighted by Crippen LogP contribution is 2.58. The summed E-state index contributed by atoms with van der Waals surface area (Å²) in [7, 11) is 0. The van der Waals surface area contributed by atoms with E-state index in [1.54, 1.807) is 0 Å². The molecule has 3 aliphatic carbocycles. The van der Waals surface area contributed by atoms with E-state index in [4.69, 9.17) is 4.74 Å². The summed E-state index contributed by atoms with van der Waals surface area (Å²) in [6, 6.07) is 0. The van der Waals surface area contributed by atoms with Crippen molar-refractivity contribution in [2.24, 2.45) is 17.3 Å². The van der Waals surface area contributed by atoms with Gasteiger partial charge < -0.3 is 20.1 Å². The maximum Gasteiger partial charge on any atom is 0.0811 e. The standard InChI is InChI=1S/C29H48O4/c1-6-29(32,7-2)16-9-17-33-21(4)25-13-14-26-22(10-8-15-28(25,26)5)11-12-23-18-24(30)19-27(31)20(23)3/h11-12,21,24-27,30-32H,3,6-10,13-19H2,1-2,4-5H3/b22-11-,23-12?/t21-,24-,25-,26+,27+,28-/m1/s1. The maximum absolute atomic E-state index is 10.5. The Kier molecular flexibility index (Phi) is 9.05. The third-order valence-electron chi connectivity index (χ3n) is 9.35. The van der Waals surface area contributed by atoms with Crippen LogP contribution < -0.4 is 0 Å². The lowest BCUT2D eigenvalue weighted by atomic mass is 9.62. The van der Waals surface area contributed by atoms with E-state index in [-0.39, 0.29) is 11.5 Å². The Labute approximate surface area is 201 Å². The van der Waals surface area contributed by atoms with E-state index < -0.39 is 17.8 Å². The summed E-state index contributed by atoms with van der Waals surface area (Å²) in [4.78, 5) is 0. The van der Waals surface area contributed by atoms with Crippen molar-refractivity contribution in [3.8, 4) is 0 Å². The van der Waals surface area contributed by atoms with E-state index in [1.165, 1.54) is 31.3 Å². The van der Waals surface area contributed by atoms with Gasteiger partial charge in [0.25, 0.3) is 0 Å². The van der Waals surface area contributed by atoms with Crippen molar-refractivity contribution in [1.29, 1.82) is 0 Å². The second kappa shape index (κ2) is 11.2. The van der Waals surface area contributed by atoms with Gasteiger partial charge in [0.2, 0.25) is 0 Å². The van der Waals surface area contributed by atoms with Gasteiger partial charge in [-0.1, -0.05) is 45.1 Å². The van der Waals surface area contributed by atoms with Crippen molar-refractivity contribution >= 4 is 0 Å². The monoisotopic (exact) mass is 460 g/mol. The smallest absolute Gasteiger partial charge is 0.0811 e. The molecule has 6 atom stereocenters. The van der Waals surface area contributed by atoms with Crippen molar-refractivity contribution < 1.29 is 20.1 Å². The molecule has 0 spiro atoms. The van der Waals surface area contributed by atoms with Crippen molar-refractivity contribution in [1.82, 2.24) is 0 Å². The van der Waals surface area contributed by atoms with E-state index in [2.05, 4.69) is 46.4 Å². The summed E-state index contributed by atoms with van der Waals surface area (Å²) in [6.45, 7) is 13.6. The molecule has 0 saturated heterocycles. The number of rotatable bonds is 9. The first-order chi connectivity index (χ1) is 15.6. The molecular weight excluding hydrogens is 412 g/mol. The fraction of sp³-hybridized carbons (Fsp3) is 0.793. The molecule has 3 N–H and O–H groups in total. The summed E-state index contributed by atoms with van der Waals surface area (Å²) in [5.74, 6) is 1.14. The number of aliphatic hydroxyl groups excluding tert-OH is 2. The SMILES string of the molecule is C=C1C(=C/C=C2/CCC[C@]3(C)[C@@H]([C@@H](C)OCCCC(O)(CC)CC)CC[C@@H]23)C[C@@H](O)C[C@@H]1O. The van der Waals surface area contributed by atoms with Gasteiger partial charge in [0.05, 0.1) is 23.9 Å². The predicted molar refractivity (Wildman–Crippen MR) is 135 cm³/mol. The minimum Gasteiger partial charge on any atom is -0.393 e. The molecule has 33 heavy (non-hydrogen) atoms. The van der Waals surface area contributed by atoms with Crippen LogP contribution in [0.25, 0.3) is 0 Å². The number of allylic oxidation sites excluding steroid dienone is 3. The summed E-state index contributed by atoms with van der Waals surface area (Å²) >= 11 is 0. The molecule has 4 heteroatoms. The molecule has 3 rings (SSSR count). The zero-order chi connectivity index (χ0) is 24.2. The van der Waals surface area contributed by atoms with E-state index in [9.17, 15) is 15.3 Å². The number of ether oxygens (including phenoxy) is 1. The molecule has 0 amide bonds. The molecule has 0 bridgehead atoms. The van der Waals surface area contributed by atoms with Crippen LogP contribution in [-0.2, 0) is 4.74 Å². The Balaban J connectivity index is 1.62. The Morgan fingerprint density at radius 2 is 1.94 bits per heavy atom. The van der Waals surface area contributed by atoms with Gasteiger partial charge in [0.15, 0.2) is 0 Å². The summed E-state index contributed by atoms with van der Waals surface area (Å²) in [6.07, 6.45) is 13.8. The van der Waals surface area contributed by atoms with Crippen molar-refractivity contribution in [2.75, 3.05) is 6.61 Å². The molecule has 3 saturated carbocycles. The van der Waals surface area contributed by atoms with Crippen LogP contribution in [0.5, 0.6) is 0 Å². The number of hydrogen-bond donors (Lipinski definition) is 3. The molecule has 3 fully saturated rings. The highest BCUT2D eigenvalue weighted by molar-refractivity contribution is 5.38. The molecular formula is C29H48O4. The molecule has 0 heterocycles. The third kappa shape index (κ3) is 6.01. The predicted octanol–water partition coefficient (Wildman–Crippen LogP) is 5.86. The van der Waals surface area contributed by atoms with Gasteiger partial charge in [-0.25, -0.2) is 0 Å². The Morgan fingerprint density at radius 1 is 1.21 bits per heavy atom. The molecule has 0 aromatic heterocycles. The zero-order valence-electron chi connectivity index (χ0n) is 21.5. The normalized spacial score (nSPS) is 36.4. The Bertz CT molecular complexity index is 734. The van der Waals surface area contributed by atoms with E-state index in [0.717, 1.165) is 49.9 Å². The van der Waals surface area contributed by atoms with Gasteiger partial charge in [-0.3, -0.25) is 0 Å². The van der Waals surface area contributed by atoms with Gasteiger partial charge in [-0.15, -0.1) is 0 Å². The summed E-state index contributed by atoms with van der Waals surface area (Å²) < 4.78 is 6.34. The lowest BCUT2D eigenvalue weighted by Crippen LogP contribution is -2.39. The summed E-state index contributed by atoms with van der Waals surface area (Å²) in [5, 5.41) is 30.7. The summed E-state index contributed by atoms with van der Waals surface area (Å²) in [5.41, 5.74) is 3.00. The van der Waals surface area contributed by atoms with Crippen LogP contribution in [0.15, 0.2) is 35.5 Å². The molecule has 0 aliphatic heterocycles. The Hall–Kier alpha value is -0.940. The largest absolute Gasteiger partial charge is 0.393 e. The fourth-order valence-electron chi connectivity index (χ4n) is 6.91. The number of aliphatic hydroxyl groups is 3. The Morgan fingerprint density at radius 3 is 2.64 bits per heavy atom. The average Bonchev–Trinajstić information content (AvgIpc) is 3.15. The first kappa shape index (κ1) is 26.7. The van der Waals surface area contributed by atoms with Gasteiger partial charge in [-0.2, -0.15) is 0 Å².